The van der Waals surface area contributed by atoms with Crippen LogP contribution in [-0.2, 0) is 6.61 Å². The molecule has 0 aliphatic carbocycles. The van der Waals surface area contributed by atoms with E-state index in [1.807, 2.05) is 65.4 Å². The molecule has 1 aromatic heterocycles. The van der Waals surface area contributed by atoms with Gasteiger partial charge in [-0.2, -0.15) is 0 Å². The van der Waals surface area contributed by atoms with Gasteiger partial charge in [-0.15, -0.1) is 0 Å². The number of hydrogen-bond acceptors (Lipinski definition) is 3. The number of benzene rings is 3. The maximum atomic E-state index is 13.9. The average Bonchev–Trinajstić information content (AvgIpc) is 3.22. The molecule has 0 saturated carbocycles. The second-order valence-corrected chi connectivity index (χ2v) is 7.77. The van der Waals surface area contributed by atoms with Crippen LogP contribution in [0.5, 0.6) is 5.75 Å². The predicted molar refractivity (Wildman–Crippen MR) is 124 cm³/mol. The van der Waals surface area contributed by atoms with E-state index >= 15 is 0 Å². The van der Waals surface area contributed by atoms with Crippen molar-refractivity contribution in [2.24, 2.45) is 0 Å². The van der Waals surface area contributed by atoms with Gasteiger partial charge in [0.25, 0.3) is 0 Å². The zero-order valence-corrected chi connectivity index (χ0v) is 17.9. The third kappa shape index (κ3) is 5.32. The molecule has 0 fully saturated rings. The van der Waals surface area contributed by atoms with Gasteiger partial charge in [-0.1, -0.05) is 48.5 Å². The average molecular weight is 448 g/mol. The van der Waals surface area contributed by atoms with Gasteiger partial charge in [-0.05, 0) is 42.3 Å². The van der Waals surface area contributed by atoms with E-state index in [1.54, 1.807) is 18.2 Å². The zero-order valence-electron chi connectivity index (χ0n) is 17.9. The third-order valence-electron chi connectivity index (χ3n) is 5.57. The van der Waals surface area contributed by atoms with Gasteiger partial charge in [0.15, 0.2) is 0 Å². The number of carbonyl (C=O) groups is 1. The Morgan fingerprint density at radius 3 is 2.55 bits per heavy atom. The lowest BCUT2D eigenvalue weighted by molar-refractivity contribution is 0.121. The molecule has 3 aromatic carbocycles. The molecule has 4 aromatic rings. The largest absolute Gasteiger partial charge is 0.489 e. The maximum Gasteiger partial charge on any atom is 0.404 e. The van der Waals surface area contributed by atoms with Crippen LogP contribution in [0.3, 0.4) is 0 Å². The Kier molecular flexibility index (Phi) is 6.90. The number of fused-ring (bicyclic) bond motifs is 1. The fraction of sp³-hybridized carbons (Fsp3) is 0.192. The molecule has 0 aliphatic heterocycles. The van der Waals surface area contributed by atoms with Crippen molar-refractivity contribution in [1.29, 1.82) is 0 Å². The standard InChI is InChI=1S/C26H25FN2O4/c27-22-9-5-4-8-20(22)17-33-21-10-11-23-19(16-21)13-15-29(23)25(18-6-2-1-3-7-18)24(30)12-14-28-26(31)32/h1-11,13,15-16,24-25,28,30H,12,14,17H2,(H,31,32)/t24-,25+/m1/s1. The van der Waals surface area contributed by atoms with Crippen LogP contribution in [0.4, 0.5) is 9.18 Å². The molecule has 6 nitrogen and oxygen atoms in total. The van der Waals surface area contributed by atoms with E-state index < -0.39 is 18.2 Å². The van der Waals surface area contributed by atoms with Crippen LogP contribution in [0.25, 0.3) is 10.9 Å². The van der Waals surface area contributed by atoms with E-state index in [1.165, 1.54) is 6.07 Å². The summed E-state index contributed by atoms with van der Waals surface area (Å²) in [5.74, 6) is 0.313. The Bertz CT molecular complexity index is 1230. The molecule has 7 heteroatoms. The maximum absolute atomic E-state index is 13.9. The van der Waals surface area contributed by atoms with Gasteiger partial charge in [0.05, 0.1) is 12.1 Å². The molecule has 4 rings (SSSR count). The minimum absolute atomic E-state index is 0.126. The van der Waals surface area contributed by atoms with Crippen LogP contribution in [0.15, 0.2) is 85.1 Å². The fourth-order valence-electron chi connectivity index (χ4n) is 3.95. The van der Waals surface area contributed by atoms with Gasteiger partial charge < -0.3 is 24.8 Å². The van der Waals surface area contributed by atoms with Crippen molar-refractivity contribution in [1.82, 2.24) is 9.88 Å². The van der Waals surface area contributed by atoms with Crippen LogP contribution in [-0.4, -0.2) is 33.5 Å². The first kappa shape index (κ1) is 22.4. The summed E-state index contributed by atoms with van der Waals surface area (Å²) in [6.45, 7) is 0.272. The third-order valence-corrected chi connectivity index (χ3v) is 5.57. The van der Waals surface area contributed by atoms with E-state index in [0.29, 0.717) is 11.3 Å². The lowest BCUT2D eigenvalue weighted by atomic mass is 9.98. The van der Waals surface area contributed by atoms with Gasteiger partial charge in [-0.3, -0.25) is 0 Å². The minimum Gasteiger partial charge on any atom is -0.489 e. The van der Waals surface area contributed by atoms with Gasteiger partial charge in [0.2, 0.25) is 0 Å². The molecular formula is C26H25FN2O4. The smallest absolute Gasteiger partial charge is 0.404 e. The van der Waals surface area contributed by atoms with Crippen LogP contribution in [0, 0.1) is 5.82 Å². The molecule has 2 atom stereocenters. The lowest BCUT2D eigenvalue weighted by Gasteiger charge is -2.26. The Labute approximate surface area is 190 Å². The molecular weight excluding hydrogens is 423 g/mol. The van der Waals surface area contributed by atoms with E-state index in [9.17, 15) is 14.3 Å². The highest BCUT2D eigenvalue weighted by atomic mass is 19.1. The number of amides is 1. The molecule has 0 unspecified atom stereocenters. The number of ether oxygens (including phenoxy) is 1. The summed E-state index contributed by atoms with van der Waals surface area (Å²) in [5, 5.41) is 23.0. The number of hydrogen-bond donors (Lipinski definition) is 3. The summed E-state index contributed by atoms with van der Waals surface area (Å²) in [5.41, 5.74) is 2.29. The summed E-state index contributed by atoms with van der Waals surface area (Å²) in [6.07, 6.45) is 0.228. The predicted octanol–water partition coefficient (Wildman–Crippen LogP) is 4.97. The molecule has 33 heavy (non-hydrogen) atoms. The van der Waals surface area contributed by atoms with E-state index in [-0.39, 0.29) is 25.4 Å². The molecule has 3 N–H and O–H groups in total. The van der Waals surface area contributed by atoms with Crippen LogP contribution in [0.1, 0.15) is 23.6 Å². The number of carboxylic acid groups (broad SMARTS) is 1. The molecule has 1 heterocycles. The van der Waals surface area contributed by atoms with Crippen molar-refractivity contribution < 1.29 is 24.1 Å². The Morgan fingerprint density at radius 2 is 1.79 bits per heavy atom. The molecule has 1 amide bonds. The SMILES string of the molecule is O=C(O)NCC[C@@H](O)[C@H](c1ccccc1)n1ccc2cc(OCc3ccccc3F)ccc21. The summed E-state index contributed by atoms with van der Waals surface area (Å²) >= 11 is 0. The summed E-state index contributed by atoms with van der Waals surface area (Å²) in [4.78, 5) is 10.8. The molecule has 0 saturated heterocycles. The highest BCUT2D eigenvalue weighted by Gasteiger charge is 2.24. The van der Waals surface area contributed by atoms with E-state index in [2.05, 4.69) is 5.32 Å². The lowest BCUT2D eigenvalue weighted by Crippen LogP contribution is -2.30. The van der Waals surface area contributed by atoms with Crippen molar-refractivity contribution in [3.05, 3.63) is 102 Å². The molecule has 0 aliphatic rings. The second kappa shape index (κ2) is 10.2. The summed E-state index contributed by atoms with van der Waals surface area (Å²) in [6, 6.07) is 23.3. The number of nitrogens with one attached hydrogen (secondary N) is 1. The number of halogens is 1. The van der Waals surface area contributed by atoms with Gasteiger partial charge in [0.1, 0.15) is 18.2 Å². The number of rotatable bonds is 9. The molecule has 0 spiro atoms. The Hall–Kier alpha value is -3.84. The fourth-order valence-corrected chi connectivity index (χ4v) is 3.95. The highest BCUT2D eigenvalue weighted by molar-refractivity contribution is 5.82. The van der Waals surface area contributed by atoms with Gasteiger partial charge in [-0.25, -0.2) is 9.18 Å². The quantitative estimate of drug-likeness (QED) is 0.338. The second-order valence-electron chi connectivity index (χ2n) is 7.77. The Morgan fingerprint density at radius 1 is 1.03 bits per heavy atom. The van der Waals surface area contributed by atoms with Crippen molar-refractivity contribution in [2.45, 2.75) is 25.2 Å². The summed E-state index contributed by atoms with van der Waals surface area (Å²) in [7, 11) is 0. The van der Waals surface area contributed by atoms with Gasteiger partial charge in [0, 0.05) is 29.2 Å². The van der Waals surface area contributed by atoms with E-state index in [0.717, 1.165) is 16.5 Å². The normalized spacial score (nSPS) is 12.9. The van der Waals surface area contributed by atoms with Crippen molar-refractivity contribution >= 4 is 17.0 Å². The van der Waals surface area contributed by atoms with Crippen LogP contribution < -0.4 is 10.1 Å². The van der Waals surface area contributed by atoms with Crippen molar-refractivity contribution in [3.8, 4) is 5.75 Å². The molecule has 170 valence electrons. The van der Waals surface area contributed by atoms with Crippen LogP contribution >= 0.6 is 0 Å². The first-order chi connectivity index (χ1) is 16.0. The number of aliphatic hydroxyl groups excluding tert-OH is 1. The summed E-state index contributed by atoms with van der Waals surface area (Å²) < 4.78 is 21.6. The Balaban J connectivity index is 1.59. The number of aromatic nitrogens is 1. The van der Waals surface area contributed by atoms with Gasteiger partial charge >= 0.3 is 6.09 Å². The first-order valence-electron chi connectivity index (χ1n) is 10.7. The molecule has 0 bridgehead atoms. The zero-order chi connectivity index (χ0) is 23.2. The van der Waals surface area contributed by atoms with E-state index in [4.69, 9.17) is 9.84 Å². The number of aliphatic hydroxyl groups is 1. The highest BCUT2D eigenvalue weighted by Crippen LogP contribution is 2.31. The first-order valence-corrected chi connectivity index (χ1v) is 10.7. The molecule has 0 radical (unpaired) electrons. The number of nitrogens with zero attached hydrogens (tertiary/aromatic N) is 1. The van der Waals surface area contributed by atoms with Crippen molar-refractivity contribution in [2.75, 3.05) is 6.54 Å². The minimum atomic E-state index is -1.12. The topological polar surface area (TPSA) is 83.7 Å². The van der Waals surface area contributed by atoms with Crippen LogP contribution in [0.2, 0.25) is 0 Å². The van der Waals surface area contributed by atoms with Crippen molar-refractivity contribution in [3.63, 3.8) is 0 Å². The monoisotopic (exact) mass is 448 g/mol.